The van der Waals surface area contributed by atoms with Crippen LogP contribution in [0.25, 0.3) is 0 Å². The Labute approximate surface area is 128 Å². The fourth-order valence-corrected chi connectivity index (χ4v) is 5.34. The fourth-order valence-electron chi connectivity index (χ4n) is 4.80. The molecule has 0 heterocycles. The van der Waals surface area contributed by atoms with E-state index < -0.39 is 5.82 Å². The molecule has 0 saturated heterocycles. The molecule has 1 N–H and O–H groups in total. The van der Waals surface area contributed by atoms with Crippen molar-refractivity contribution in [2.75, 3.05) is 0 Å². The summed E-state index contributed by atoms with van der Waals surface area (Å²) in [5.74, 6) is 3.22. The van der Waals surface area contributed by atoms with Gasteiger partial charge >= 0.3 is 0 Å². The van der Waals surface area contributed by atoms with Crippen molar-refractivity contribution in [1.29, 1.82) is 0 Å². The van der Waals surface area contributed by atoms with Gasteiger partial charge < -0.3 is 5.32 Å². The molecular formula is C16H18Cl2FN. The first-order valence-electron chi connectivity index (χ1n) is 7.46. The van der Waals surface area contributed by atoms with Crippen molar-refractivity contribution >= 4 is 23.2 Å². The molecule has 0 aromatic heterocycles. The number of rotatable bonds is 3. The molecule has 2 bridgehead atoms. The maximum Gasteiger partial charge on any atom is 0.142 e. The largest absolute Gasteiger partial charge is 0.307 e. The third-order valence-electron chi connectivity index (χ3n) is 5.68. The van der Waals surface area contributed by atoms with Crippen LogP contribution < -0.4 is 5.32 Å². The van der Waals surface area contributed by atoms with E-state index in [-0.39, 0.29) is 11.1 Å². The Hall–Kier alpha value is -0.310. The lowest BCUT2D eigenvalue weighted by Crippen LogP contribution is -2.26. The molecule has 4 rings (SSSR count). The highest BCUT2D eigenvalue weighted by molar-refractivity contribution is 6.35. The van der Waals surface area contributed by atoms with Gasteiger partial charge in [-0.3, -0.25) is 0 Å². The minimum Gasteiger partial charge on any atom is -0.307 e. The second-order valence-corrected chi connectivity index (χ2v) is 7.50. The number of fused-ring (bicyclic) bond motifs is 5. The van der Waals surface area contributed by atoms with Crippen LogP contribution in [0, 0.1) is 29.5 Å². The fraction of sp³-hybridized carbons (Fsp3) is 0.625. The van der Waals surface area contributed by atoms with Gasteiger partial charge in [0.15, 0.2) is 0 Å². The summed E-state index contributed by atoms with van der Waals surface area (Å²) in [4.78, 5) is 0. The molecule has 0 amide bonds. The molecule has 0 radical (unpaired) electrons. The molecule has 3 aliphatic rings. The van der Waals surface area contributed by atoms with E-state index in [4.69, 9.17) is 23.2 Å². The van der Waals surface area contributed by atoms with E-state index in [2.05, 4.69) is 12.2 Å². The zero-order valence-corrected chi connectivity index (χ0v) is 12.9. The molecule has 108 valence electrons. The van der Waals surface area contributed by atoms with E-state index in [0.29, 0.717) is 11.1 Å². The van der Waals surface area contributed by atoms with Gasteiger partial charge in [-0.15, -0.1) is 0 Å². The summed E-state index contributed by atoms with van der Waals surface area (Å²) in [5.41, 5.74) is 0.811. The van der Waals surface area contributed by atoms with Crippen molar-refractivity contribution in [3.05, 3.63) is 33.6 Å². The van der Waals surface area contributed by atoms with Gasteiger partial charge in [0.2, 0.25) is 0 Å². The summed E-state index contributed by atoms with van der Waals surface area (Å²) in [6.45, 7) is 2.06. The first kappa shape index (κ1) is 13.4. The highest BCUT2D eigenvalue weighted by Crippen LogP contribution is 2.65. The lowest BCUT2D eigenvalue weighted by Gasteiger charge is -2.19. The molecule has 5 unspecified atom stereocenters. The average molecular weight is 314 g/mol. The molecule has 1 nitrogen and oxygen atoms in total. The topological polar surface area (TPSA) is 12.0 Å². The quantitative estimate of drug-likeness (QED) is 0.788. The van der Waals surface area contributed by atoms with Crippen LogP contribution in [-0.4, -0.2) is 6.04 Å². The van der Waals surface area contributed by atoms with Crippen LogP contribution in [0.15, 0.2) is 12.1 Å². The Balaban J connectivity index is 1.49. The molecule has 1 aromatic carbocycles. The number of hydrogen-bond donors (Lipinski definition) is 1. The molecule has 1 aromatic rings. The molecule has 3 saturated carbocycles. The molecule has 5 atom stereocenters. The number of hydrogen-bond acceptors (Lipinski definition) is 1. The monoisotopic (exact) mass is 313 g/mol. The third kappa shape index (κ3) is 1.92. The Bertz CT molecular complexity index is 546. The average Bonchev–Trinajstić information content (AvgIpc) is 2.82. The molecular weight excluding hydrogens is 296 g/mol. The van der Waals surface area contributed by atoms with Gasteiger partial charge in [-0.05, 0) is 67.6 Å². The standard InChI is InChI=1S/C16H18Cl2FN/c1-7(10-5-13(19)12(18)6-11(10)17)20-16-14-8-2-3-9(4-8)15(14)16/h5-9,14-16,20H,2-4H2,1H3. The van der Waals surface area contributed by atoms with Crippen LogP contribution >= 0.6 is 23.2 Å². The zero-order valence-electron chi connectivity index (χ0n) is 11.4. The van der Waals surface area contributed by atoms with E-state index in [1.807, 2.05) is 0 Å². The summed E-state index contributed by atoms with van der Waals surface area (Å²) in [5, 5.41) is 4.30. The van der Waals surface area contributed by atoms with E-state index in [1.165, 1.54) is 31.4 Å². The molecule has 3 aliphatic carbocycles. The van der Waals surface area contributed by atoms with Crippen LogP contribution in [0.3, 0.4) is 0 Å². The molecule has 0 spiro atoms. The van der Waals surface area contributed by atoms with Gasteiger partial charge in [-0.2, -0.15) is 0 Å². The number of benzene rings is 1. The summed E-state index contributed by atoms with van der Waals surface area (Å²) in [6, 6.07) is 3.66. The van der Waals surface area contributed by atoms with Gasteiger partial charge in [-0.25, -0.2) is 4.39 Å². The maximum absolute atomic E-state index is 13.6. The molecule has 20 heavy (non-hydrogen) atoms. The minimum atomic E-state index is -0.393. The number of halogens is 3. The summed E-state index contributed by atoms with van der Waals surface area (Å²) in [7, 11) is 0. The van der Waals surface area contributed by atoms with Gasteiger partial charge in [0.25, 0.3) is 0 Å². The van der Waals surface area contributed by atoms with Crippen LogP contribution in [0.1, 0.15) is 37.8 Å². The Morgan fingerprint density at radius 1 is 1.15 bits per heavy atom. The second kappa shape index (κ2) is 4.59. The Kier molecular flexibility index (Phi) is 3.07. The predicted molar refractivity (Wildman–Crippen MR) is 79.6 cm³/mol. The summed E-state index contributed by atoms with van der Waals surface area (Å²) >= 11 is 12.0. The van der Waals surface area contributed by atoms with E-state index in [1.54, 1.807) is 0 Å². The van der Waals surface area contributed by atoms with Crippen LogP contribution in [0.2, 0.25) is 10.0 Å². The zero-order chi connectivity index (χ0) is 14.0. The Morgan fingerprint density at radius 3 is 2.45 bits per heavy atom. The normalized spacial score (nSPS) is 38.9. The maximum atomic E-state index is 13.6. The van der Waals surface area contributed by atoms with Crippen LogP contribution in [0.5, 0.6) is 0 Å². The molecule has 0 aliphatic heterocycles. The Morgan fingerprint density at radius 2 is 1.80 bits per heavy atom. The first-order valence-corrected chi connectivity index (χ1v) is 8.22. The van der Waals surface area contributed by atoms with Gasteiger partial charge in [-0.1, -0.05) is 23.2 Å². The first-order chi connectivity index (χ1) is 9.56. The minimum absolute atomic E-state index is 0.0734. The summed E-state index contributed by atoms with van der Waals surface area (Å²) < 4.78 is 13.6. The SMILES string of the molecule is CC(NC1C2C3CCC(C3)C12)c1cc(F)c(Cl)cc1Cl. The van der Waals surface area contributed by atoms with Crippen molar-refractivity contribution < 1.29 is 4.39 Å². The van der Waals surface area contributed by atoms with E-state index in [0.717, 1.165) is 29.2 Å². The highest BCUT2D eigenvalue weighted by Gasteiger charge is 2.64. The molecule has 4 heteroatoms. The van der Waals surface area contributed by atoms with Crippen molar-refractivity contribution in [2.24, 2.45) is 23.7 Å². The number of nitrogens with one attached hydrogen (secondary N) is 1. The smallest absolute Gasteiger partial charge is 0.142 e. The summed E-state index contributed by atoms with van der Waals surface area (Å²) in [6.07, 6.45) is 4.27. The highest BCUT2D eigenvalue weighted by atomic mass is 35.5. The van der Waals surface area contributed by atoms with Crippen molar-refractivity contribution in [3.8, 4) is 0 Å². The second-order valence-electron chi connectivity index (χ2n) is 6.69. The van der Waals surface area contributed by atoms with Gasteiger partial charge in [0.1, 0.15) is 5.82 Å². The van der Waals surface area contributed by atoms with Crippen molar-refractivity contribution in [3.63, 3.8) is 0 Å². The van der Waals surface area contributed by atoms with Crippen LogP contribution in [0.4, 0.5) is 4.39 Å². The van der Waals surface area contributed by atoms with Gasteiger partial charge in [0, 0.05) is 17.1 Å². The van der Waals surface area contributed by atoms with Crippen molar-refractivity contribution in [2.45, 2.75) is 38.3 Å². The third-order valence-corrected chi connectivity index (χ3v) is 6.30. The lowest BCUT2D eigenvalue weighted by atomic mass is 10.0. The van der Waals surface area contributed by atoms with Crippen LogP contribution in [-0.2, 0) is 0 Å². The molecule has 3 fully saturated rings. The van der Waals surface area contributed by atoms with E-state index in [9.17, 15) is 4.39 Å². The van der Waals surface area contributed by atoms with Gasteiger partial charge in [0.05, 0.1) is 5.02 Å². The van der Waals surface area contributed by atoms with E-state index >= 15 is 0 Å². The predicted octanol–water partition coefficient (Wildman–Crippen LogP) is 4.83. The van der Waals surface area contributed by atoms with Crippen molar-refractivity contribution in [1.82, 2.24) is 5.32 Å². The lowest BCUT2D eigenvalue weighted by molar-refractivity contribution is 0.432.